The molecule has 0 aliphatic rings. The van der Waals surface area contributed by atoms with Crippen LogP contribution in [-0.4, -0.2) is 0 Å². The van der Waals surface area contributed by atoms with Crippen LogP contribution in [0.4, 0.5) is 0 Å². The summed E-state index contributed by atoms with van der Waals surface area (Å²) < 4.78 is 7.34. The summed E-state index contributed by atoms with van der Waals surface area (Å²) in [5.74, 6) is 1.97. The van der Waals surface area contributed by atoms with E-state index in [2.05, 4.69) is 0 Å². The first-order chi connectivity index (χ1) is 4.13. The Morgan fingerprint density at radius 3 is 1.89 bits per heavy atom. The van der Waals surface area contributed by atoms with Crippen LogP contribution in [-0.2, 0) is 7.05 Å². The third-order valence-corrected chi connectivity index (χ3v) is 1.79. The van der Waals surface area contributed by atoms with Crippen LogP contribution in [0.3, 0.4) is 0 Å². The molecule has 0 aliphatic heterocycles. The van der Waals surface area contributed by atoms with E-state index in [0.29, 0.717) is 0 Å². The fourth-order valence-corrected chi connectivity index (χ4v) is 0.836. The molecule has 9 heavy (non-hydrogen) atoms. The molecule has 1 aromatic heterocycles. The fraction of sp³-hybridized carbons (Fsp3) is 0.571. The second kappa shape index (κ2) is 1.87. The van der Waals surface area contributed by atoms with Gasteiger partial charge in [-0.25, -0.2) is 0 Å². The lowest BCUT2D eigenvalue weighted by Crippen LogP contribution is -2.31. The average molecular weight is 126 g/mol. The highest BCUT2D eigenvalue weighted by Gasteiger charge is 2.13. The van der Waals surface area contributed by atoms with Gasteiger partial charge in [-0.3, -0.25) is 0 Å². The van der Waals surface area contributed by atoms with Crippen LogP contribution in [0.15, 0.2) is 4.42 Å². The summed E-state index contributed by atoms with van der Waals surface area (Å²) in [6.45, 7) is 5.98. The molecule has 0 bridgehead atoms. The molecular formula is C7H12NO+. The molecule has 2 heteroatoms. The molecule has 0 atom stereocenters. The zero-order valence-electron chi connectivity index (χ0n) is 6.36. The Morgan fingerprint density at radius 2 is 1.78 bits per heavy atom. The highest BCUT2D eigenvalue weighted by atomic mass is 16.4. The van der Waals surface area contributed by atoms with E-state index >= 15 is 0 Å². The van der Waals surface area contributed by atoms with E-state index in [0.717, 1.165) is 11.7 Å². The number of aryl methyl sites for hydroxylation is 2. The van der Waals surface area contributed by atoms with Crippen LogP contribution >= 0.6 is 0 Å². The Balaban J connectivity index is 3.29. The molecule has 1 rings (SSSR count). The first-order valence-electron chi connectivity index (χ1n) is 3.05. The molecule has 1 aromatic rings. The molecule has 0 aromatic carbocycles. The molecular weight excluding hydrogens is 114 g/mol. The second-order valence-corrected chi connectivity index (χ2v) is 2.32. The first kappa shape index (κ1) is 6.33. The van der Waals surface area contributed by atoms with Crippen LogP contribution in [0, 0.1) is 20.8 Å². The topological polar surface area (TPSA) is 17.0 Å². The van der Waals surface area contributed by atoms with E-state index in [1.54, 1.807) is 0 Å². The SMILES string of the molecule is Cc1oc(C)[n+](C)c1C. The van der Waals surface area contributed by atoms with Crippen molar-refractivity contribution in [2.45, 2.75) is 20.8 Å². The maximum Gasteiger partial charge on any atom is 0.343 e. The van der Waals surface area contributed by atoms with Crippen molar-refractivity contribution in [3.63, 3.8) is 0 Å². The summed E-state index contributed by atoms with van der Waals surface area (Å²) in [7, 11) is 2.00. The molecule has 0 unspecified atom stereocenters. The number of hydrogen-bond donors (Lipinski definition) is 0. The molecule has 0 spiro atoms. The van der Waals surface area contributed by atoms with Crippen molar-refractivity contribution in [3.8, 4) is 0 Å². The molecule has 0 saturated carbocycles. The van der Waals surface area contributed by atoms with Crippen LogP contribution in [0.5, 0.6) is 0 Å². The highest BCUT2D eigenvalue weighted by Crippen LogP contribution is 2.02. The minimum Gasteiger partial charge on any atom is -0.407 e. The standard InChI is InChI=1S/C7H12NO/c1-5-6(2)9-7(3)8(5)4/h1-4H3/q+1. The normalized spacial score (nSPS) is 10.2. The monoisotopic (exact) mass is 126 g/mol. The largest absolute Gasteiger partial charge is 0.407 e. The van der Waals surface area contributed by atoms with E-state index in [1.807, 2.05) is 32.4 Å². The summed E-state index contributed by atoms with van der Waals surface area (Å²) in [6.07, 6.45) is 0. The Morgan fingerprint density at radius 1 is 1.22 bits per heavy atom. The van der Waals surface area contributed by atoms with Crippen molar-refractivity contribution in [2.24, 2.45) is 7.05 Å². The number of nitrogens with zero attached hydrogens (tertiary/aromatic N) is 1. The van der Waals surface area contributed by atoms with Crippen LogP contribution in [0.1, 0.15) is 17.3 Å². The van der Waals surface area contributed by atoms with Gasteiger partial charge in [-0.1, -0.05) is 0 Å². The van der Waals surface area contributed by atoms with Crippen LogP contribution < -0.4 is 4.57 Å². The van der Waals surface area contributed by atoms with Crippen LogP contribution in [0.25, 0.3) is 0 Å². The quantitative estimate of drug-likeness (QED) is 0.474. The van der Waals surface area contributed by atoms with Crippen molar-refractivity contribution in [2.75, 3.05) is 0 Å². The van der Waals surface area contributed by atoms with Gasteiger partial charge in [0.05, 0.1) is 6.92 Å². The van der Waals surface area contributed by atoms with Gasteiger partial charge in [-0.15, -0.1) is 0 Å². The maximum absolute atomic E-state index is 5.31. The molecule has 2 nitrogen and oxygen atoms in total. The van der Waals surface area contributed by atoms with Crippen molar-refractivity contribution in [1.29, 1.82) is 0 Å². The van der Waals surface area contributed by atoms with Gasteiger partial charge in [0.15, 0.2) is 5.76 Å². The first-order valence-corrected chi connectivity index (χ1v) is 3.05. The lowest BCUT2D eigenvalue weighted by atomic mass is 10.4. The molecule has 0 amide bonds. The van der Waals surface area contributed by atoms with E-state index in [4.69, 9.17) is 4.42 Å². The summed E-state index contributed by atoms with van der Waals surface area (Å²) in [5.41, 5.74) is 1.20. The lowest BCUT2D eigenvalue weighted by Gasteiger charge is -1.79. The zero-order chi connectivity index (χ0) is 7.02. The lowest BCUT2D eigenvalue weighted by molar-refractivity contribution is -0.687. The van der Waals surface area contributed by atoms with E-state index < -0.39 is 0 Å². The Labute approximate surface area is 55.1 Å². The number of aromatic nitrogens is 1. The van der Waals surface area contributed by atoms with E-state index in [9.17, 15) is 0 Å². The minimum absolute atomic E-state index is 0.963. The zero-order valence-corrected chi connectivity index (χ0v) is 6.36. The van der Waals surface area contributed by atoms with Crippen molar-refractivity contribution < 1.29 is 8.98 Å². The summed E-state index contributed by atoms with van der Waals surface area (Å²) >= 11 is 0. The second-order valence-electron chi connectivity index (χ2n) is 2.32. The number of oxazole rings is 1. The fourth-order valence-electron chi connectivity index (χ4n) is 0.836. The minimum atomic E-state index is 0.963. The highest BCUT2D eigenvalue weighted by molar-refractivity contribution is 4.96. The Kier molecular flexibility index (Phi) is 1.31. The molecule has 50 valence electrons. The van der Waals surface area contributed by atoms with Gasteiger partial charge < -0.3 is 4.42 Å². The third-order valence-electron chi connectivity index (χ3n) is 1.79. The molecule has 0 N–H and O–H groups in total. The smallest absolute Gasteiger partial charge is 0.343 e. The van der Waals surface area contributed by atoms with Gasteiger partial charge in [0.25, 0.3) is 0 Å². The van der Waals surface area contributed by atoms with Gasteiger partial charge in [0, 0.05) is 13.8 Å². The number of hydrogen-bond acceptors (Lipinski definition) is 1. The van der Waals surface area contributed by atoms with Crippen molar-refractivity contribution >= 4 is 0 Å². The van der Waals surface area contributed by atoms with Crippen molar-refractivity contribution in [1.82, 2.24) is 0 Å². The van der Waals surface area contributed by atoms with Crippen LogP contribution in [0.2, 0.25) is 0 Å². The van der Waals surface area contributed by atoms with Gasteiger partial charge in [0.1, 0.15) is 7.05 Å². The van der Waals surface area contributed by atoms with Gasteiger partial charge in [-0.2, -0.15) is 4.57 Å². The summed E-state index contributed by atoms with van der Waals surface area (Å²) in [5, 5.41) is 0. The van der Waals surface area contributed by atoms with Crippen molar-refractivity contribution in [3.05, 3.63) is 17.3 Å². The van der Waals surface area contributed by atoms with E-state index in [-0.39, 0.29) is 0 Å². The molecule has 0 aliphatic carbocycles. The maximum atomic E-state index is 5.31. The molecule has 1 heterocycles. The van der Waals surface area contributed by atoms with Gasteiger partial charge in [-0.05, 0) is 0 Å². The summed E-state index contributed by atoms with van der Waals surface area (Å²) in [4.78, 5) is 0. The Bertz CT molecular complexity index is 203. The molecule has 0 fully saturated rings. The molecule has 0 saturated heterocycles. The van der Waals surface area contributed by atoms with Gasteiger partial charge >= 0.3 is 5.89 Å². The average Bonchev–Trinajstić information content (AvgIpc) is 1.98. The molecule has 0 radical (unpaired) electrons. The Hall–Kier alpha value is -0.790. The van der Waals surface area contributed by atoms with E-state index in [1.165, 1.54) is 5.69 Å². The summed E-state index contributed by atoms with van der Waals surface area (Å²) in [6, 6.07) is 0. The predicted molar refractivity (Wildman–Crippen MR) is 34.1 cm³/mol. The number of rotatable bonds is 0. The predicted octanol–water partition coefficient (Wildman–Crippen LogP) is 1.03. The third kappa shape index (κ3) is 0.846. The van der Waals surface area contributed by atoms with Gasteiger partial charge in [0.2, 0.25) is 5.69 Å².